The Morgan fingerprint density at radius 3 is 2.41 bits per heavy atom. The number of benzene rings is 1. The molecule has 7 heteroatoms. The average Bonchev–Trinajstić information content (AvgIpc) is 2.81. The van der Waals surface area contributed by atoms with Crippen LogP contribution in [0.3, 0.4) is 0 Å². The fourth-order valence-corrected chi connectivity index (χ4v) is 2.82. The molecule has 3 N–H and O–H groups in total. The molecular weight excluding hydrogens is 322 g/mol. The molecule has 0 fully saturated rings. The fraction of sp³-hybridized carbons (Fsp3) is 0.267. The van der Waals surface area contributed by atoms with Crippen LogP contribution in [0.1, 0.15) is 29.2 Å². The number of thiazole rings is 1. The number of primary amides is 1. The number of nitrogens with zero attached hydrogens (tertiary/aromatic N) is 1. The van der Waals surface area contributed by atoms with Crippen molar-refractivity contribution in [2.24, 2.45) is 5.73 Å². The Morgan fingerprint density at radius 1 is 1.27 bits per heavy atom. The molecule has 0 radical (unpaired) electrons. The molecule has 116 valence electrons. The van der Waals surface area contributed by atoms with Crippen molar-refractivity contribution in [2.45, 2.75) is 26.3 Å². The SMILES string of the molecule is Cc1nc(-c2ccc(Cl)cc2)sc1C(=O)NC(C)(C)C(N)=O. The molecule has 0 saturated heterocycles. The summed E-state index contributed by atoms with van der Waals surface area (Å²) in [5.74, 6) is -0.958. The molecule has 2 amide bonds. The zero-order chi connectivity index (χ0) is 16.5. The third kappa shape index (κ3) is 3.45. The minimum Gasteiger partial charge on any atom is -0.368 e. The summed E-state index contributed by atoms with van der Waals surface area (Å²) < 4.78 is 0. The van der Waals surface area contributed by atoms with Gasteiger partial charge in [0.05, 0.1) is 5.69 Å². The number of hydrogen-bond donors (Lipinski definition) is 2. The van der Waals surface area contributed by atoms with E-state index in [0.717, 1.165) is 10.6 Å². The van der Waals surface area contributed by atoms with E-state index in [1.165, 1.54) is 11.3 Å². The number of aromatic nitrogens is 1. The van der Waals surface area contributed by atoms with Crippen LogP contribution in [0, 0.1) is 6.92 Å². The van der Waals surface area contributed by atoms with E-state index in [2.05, 4.69) is 10.3 Å². The number of aryl methyl sites for hydroxylation is 1. The molecular formula is C15H16ClN3O2S. The molecule has 0 atom stereocenters. The van der Waals surface area contributed by atoms with E-state index in [0.29, 0.717) is 15.6 Å². The van der Waals surface area contributed by atoms with Gasteiger partial charge in [-0.25, -0.2) is 4.98 Å². The second-order valence-corrected chi connectivity index (χ2v) is 6.82. The van der Waals surface area contributed by atoms with Crippen LogP contribution in [0.4, 0.5) is 0 Å². The van der Waals surface area contributed by atoms with Crippen LogP contribution in [0.15, 0.2) is 24.3 Å². The van der Waals surface area contributed by atoms with Gasteiger partial charge < -0.3 is 11.1 Å². The number of hydrogen-bond acceptors (Lipinski definition) is 4. The molecule has 0 aliphatic heterocycles. The first-order valence-electron chi connectivity index (χ1n) is 6.56. The second-order valence-electron chi connectivity index (χ2n) is 5.38. The second kappa shape index (κ2) is 6.06. The summed E-state index contributed by atoms with van der Waals surface area (Å²) in [6.07, 6.45) is 0. The van der Waals surface area contributed by atoms with Crippen LogP contribution >= 0.6 is 22.9 Å². The molecule has 1 aromatic carbocycles. The van der Waals surface area contributed by atoms with Crippen molar-refractivity contribution in [1.29, 1.82) is 0 Å². The Morgan fingerprint density at radius 2 is 1.86 bits per heavy atom. The summed E-state index contributed by atoms with van der Waals surface area (Å²) in [7, 11) is 0. The van der Waals surface area contributed by atoms with E-state index in [1.54, 1.807) is 32.9 Å². The van der Waals surface area contributed by atoms with Gasteiger partial charge in [-0.15, -0.1) is 11.3 Å². The Kier molecular flexibility index (Phi) is 4.53. The molecule has 0 bridgehead atoms. The van der Waals surface area contributed by atoms with Crippen molar-refractivity contribution >= 4 is 34.8 Å². The summed E-state index contributed by atoms with van der Waals surface area (Å²) in [5, 5.41) is 3.98. The predicted octanol–water partition coefficient (Wildman–Crippen LogP) is 2.77. The zero-order valence-corrected chi connectivity index (χ0v) is 14.0. The molecule has 0 aliphatic carbocycles. The van der Waals surface area contributed by atoms with E-state index < -0.39 is 11.4 Å². The molecule has 2 aromatic rings. The van der Waals surface area contributed by atoms with Gasteiger partial charge in [0.15, 0.2) is 0 Å². The molecule has 0 aliphatic rings. The molecule has 5 nitrogen and oxygen atoms in total. The van der Waals surface area contributed by atoms with Gasteiger partial charge in [-0.1, -0.05) is 23.7 Å². The summed E-state index contributed by atoms with van der Waals surface area (Å²) in [6.45, 7) is 4.87. The minimum atomic E-state index is -1.12. The standard InChI is InChI=1S/C15H16ClN3O2S/c1-8-11(12(20)19-15(2,3)14(17)21)22-13(18-8)9-4-6-10(16)7-5-9/h4-7H,1-3H3,(H2,17,21)(H,19,20). The number of rotatable bonds is 4. The van der Waals surface area contributed by atoms with Crippen molar-refractivity contribution in [3.63, 3.8) is 0 Å². The van der Waals surface area contributed by atoms with Crippen molar-refractivity contribution in [2.75, 3.05) is 0 Å². The molecule has 22 heavy (non-hydrogen) atoms. The lowest BCUT2D eigenvalue weighted by Crippen LogP contribution is -2.52. The highest BCUT2D eigenvalue weighted by Crippen LogP contribution is 2.29. The number of carbonyl (C=O) groups excluding carboxylic acids is 2. The lowest BCUT2D eigenvalue weighted by molar-refractivity contribution is -0.122. The fourth-order valence-electron chi connectivity index (χ4n) is 1.73. The monoisotopic (exact) mass is 337 g/mol. The van der Waals surface area contributed by atoms with Gasteiger partial charge in [0.25, 0.3) is 5.91 Å². The van der Waals surface area contributed by atoms with Crippen molar-refractivity contribution < 1.29 is 9.59 Å². The molecule has 1 aromatic heterocycles. The largest absolute Gasteiger partial charge is 0.368 e. The first-order chi connectivity index (χ1) is 10.2. The van der Waals surface area contributed by atoms with Crippen LogP contribution in [-0.4, -0.2) is 22.3 Å². The number of amides is 2. The predicted molar refractivity (Wildman–Crippen MR) is 88.0 cm³/mol. The lowest BCUT2D eigenvalue weighted by Gasteiger charge is -2.21. The molecule has 2 rings (SSSR count). The molecule has 1 heterocycles. The van der Waals surface area contributed by atoms with Gasteiger partial charge in [0.2, 0.25) is 5.91 Å². The normalized spacial score (nSPS) is 11.3. The summed E-state index contributed by atoms with van der Waals surface area (Å²) in [6, 6.07) is 7.22. The summed E-state index contributed by atoms with van der Waals surface area (Å²) in [5.41, 5.74) is 5.63. The Balaban J connectivity index is 2.28. The van der Waals surface area contributed by atoms with Gasteiger partial charge in [-0.2, -0.15) is 0 Å². The summed E-state index contributed by atoms with van der Waals surface area (Å²) >= 11 is 7.12. The third-order valence-corrected chi connectivity index (χ3v) is 4.59. The van der Waals surface area contributed by atoms with Crippen LogP contribution in [0.2, 0.25) is 5.02 Å². The van der Waals surface area contributed by atoms with Crippen LogP contribution in [-0.2, 0) is 4.79 Å². The van der Waals surface area contributed by atoms with Gasteiger partial charge in [0, 0.05) is 10.6 Å². The van der Waals surface area contributed by atoms with E-state index in [9.17, 15) is 9.59 Å². The maximum atomic E-state index is 12.3. The highest BCUT2D eigenvalue weighted by molar-refractivity contribution is 7.17. The minimum absolute atomic E-state index is 0.362. The van der Waals surface area contributed by atoms with Gasteiger partial charge in [-0.05, 0) is 32.9 Å². The molecule has 0 unspecified atom stereocenters. The quantitative estimate of drug-likeness (QED) is 0.899. The van der Waals surface area contributed by atoms with E-state index in [1.807, 2.05) is 12.1 Å². The maximum absolute atomic E-state index is 12.3. The topological polar surface area (TPSA) is 85.1 Å². The number of carbonyl (C=O) groups is 2. The number of nitrogens with one attached hydrogen (secondary N) is 1. The maximum Gasteiger partial charge on any atom is 0.264 e. The van der Waals surface area contributed by atoms with Gasteiger partial charge >= 0.3 is 0 Å². The molecule has 0 spiro atoms. The highest BCUT2D eigenvalue weighted by Gasteiger charge is 2.29. The van der Waals surface area contributed by atoms with E-state index in [-0.39, 0.29) is 5.91 Å². The van der Waals surface area contributed by atoms with E-state index >= 15 is 0 Å². The average molecular weight is 338 g/mol. The van der Waals surface area contributed by atoms with Crippen molar-refractivity contribution in [3.05, 3.63) is 39.9 Å². The summed E-state index contributed by atoms with van der Waals surface area (Å²) in [4.78, 5) is 28.5. The number of nitrogens with two attached hydrogens (primary N) is 1. The van der Waals surface area contributed by atoms with Crippen LogP contribution in [0.25, 0.3) is 10.6 Å². The lowest BCUT2D eigenvalue weighted by atomic mass is 10.1. The smallest absolute Gasteiger partial charge is 0.264 e. The van der Waals surface area contributed by atoms with Crippen molar-refractivity contribution in [1.82, 2.24) is 10.3 Å². The Hall–Kier alpha value is -1.92. The molecule has 0 saturated carbocycles. The Bertz CT molecular complexity index is 723. The van der Waals surface area contributed by atoms with Gasteiger partial charge in [-0.3, -0.25) is 9.59 Å². The van der Waals surface area contributed by atoms with Crippen LogP contribution < -0.4 is 11.1 Å². The number of halogens is 1. The van der Waals surface area contributed by atoms with Crippen LogP contribution in [0.5, 0.6) is 0 Å². The van der Waals surface area contributed by atoms with Gasteiger partial charge in [0.1, 0.15) is 15.4 Å². The van der Waals surface area contributed by atoms with E-state index in [4.69, 9.17) is 17.3 Å². The third-order valence-electron chi connectivity index (χ3n) is 3.14. The Labute approximate surface area is 137 Å². The first-order valence-corrected chi connectivity index (χ1v) is 7.76. The zero-order valence-electron chi connectivity index (χ0n) is 12.4. The highest BCUT2D eigenvalue weighted by atomic mass is 35.5. The van der Waals surface area contributed by atoms with Crippen molar-refractivity contribution in [3.8, 4) is 10.6 Å². The first kappa shape index (κ1) is 16.5.